The second-order valence-corrected chi connectivity index (χ2v) is 6.14. The molecule has 1 fully saturated rings. The molecule has 1 aliphatic heterocycles. The van der Waals surface area contributed by atoms with Crippen molar-refractivity contribution in [3.8, 4) is 0 Å². The molecular weight excluding hydrogens is 274 g/mol. The van der Waals surface area contributed by atoms with Gasteiger partial charge in [0.15, 0.2) is 0 Å². The fourth-order valence-corrected chi connectivity index (χ4v) is 2.97. The topological polar surface area (TPSA) is 44.4 Å². The average molecular weight is 303 g/mol. The SMILES string of the molecule is CCCN(CCC)Cc1ccc(C(=O)N[C@H]2CCNC2)cc1. The number of rotatable bonds is 8. The number of carbonyl (C=O) groups is 1. The van der Waals surface area contributed by atoms with E-state index in [1.54, 1.807) is 0 Å². The quantitative estimate of drug-likeness (QED) is 0.775. The summed E-state index contributed by atoms with van der Waals surface area (Å²) in [5.41, 5.74) is 2.04. The number of nitrogens with zero attached hydrogens (tertiary/aromatic N) is 1. The van der Waals surface area contributed by atoms with Gasteiger partial charge in [-0.15, -0.1) is 0 Å². The van der Waals surface area contributed by atoms with E-state index < -0.39 is 0 Å². The van der Waals surface area contributed by atoms with Gasteiger partial charge in [-0.1, -0.05) is 26.0 Å². The van der Waals surface area contributed by atoms with Gasteiger partial charge in [-0.05, 0) is 56.6 Å². The van der Waals surface area contributed by atoms with Gasteiger partial charge in [0.1, 0.15) is 0 Å². The van der Waals surface area contributed by atoms with Gasteiger partial charge in [0, 0.05) is 24.7 Å². The molecule has 4 nitrogen and oxygen atoms in total. The highest BCUT2D eigenvalue weighted by molar-refractivity contribution is 5.94. The molecule has 0 bridgehead atoms. The van der Waals surface area contributed by atoms with Gasteiger partial charge < -0.3 is 10.6 Å². The Balaban J connectivity index is 1.89. The molecule has 0 radical (unpaired) electrons. The van der Waals surface area contributed by atoms with Crippen LogP contribution in [0.3, 0.4) is 0 Å². The van der Waals surface area contributed by atoms with Gasteiger partial charge in [0.25, 0.3) is 5.91 Å². The van der Waals surface area contributed by atoms with Gasteiger partial charge in [-0.25, -0.2) is 0 Å². The molecule has 1 amide bonds. The van der Waals surface area contributed by atoms with Crippen LogP contribution in [0.25, 0.3) is 0 Å². The molecule has 1 aromatic carbocycles. The van der Waals surface area contributed by atoms with E-state index >= 15 is 0 Å². The minimum absolute atomic E-state index is 0.0409. The fraction of sp³-hybridized carbons (Fsp3) is 0.611. The van der Waals surface area contributed by atoms with Crippen LogP contribution in [-0.4, -0.2) is 43.0 Å². The van der Waals surface area contributed by atoms with Gasteiger partial charge >= 0.3 is 0 Å². The van der Waals surface area contributed by atoms with Crippen LogP contribution < -0.4 is 10.6 Å². The summed E-state index contributed by atoms with van der Waals surface area (Å²) in [5, 5.41) is 6.35. The lowest BCUT2D eigenvalue weighted by atomic mass is 10.1. The average Bonchev–Trinajstić information content (AvgIpc) is 3.01. The van der Waals surface area contributed by atoms with Crippen LogP contribution in [0, 0.1) is 0 Å². The van der Waals surface area contributed by atoms with E-state index in [-0.39, 0.29) is 11.9 Å². The van der Waals surface area contributed by atoms with Crippen LogP contribution >= 0.6 is 0 Å². The molecule has 0 unspecified atom stereocenters. The van der Waals surface area contributed by atoms with E-state index in [4.69, 9.17) is 0 Å². The molecule has 22 heavy (non-hydrogen) atoms. The van der Waals surface area contributed by atoms with Crippen molar-refractivity contribution in [1.29, 1.82) is 0 Å². The number of benzene rings is 1. The van der Waals surface area contributed by atoms with E-state index in [1.807, 2.05) is 12.1 Å². The van der Waals surface area contributed by atoms with Crippen molar-refractivity contribution in [3.63, 3.8) is 0 Å². The van der Waals surface area contributed by atoms with Crippen LogP contribution in [0.2, 0.25) is 0 Å². The predicted molar refractivity (Wildman–Crippen MR) is 91.0 cm³/mol. The summed E-state index contributed by atoms with van der Waals surface area (Å²) in [4.78, 5) is 14.7. The fourth-order valence-electron chi connectivity index (χ4n) is 2.97. The summed E-state index contributed by atoms with van der Waals surface area (Å²) in [5.74, 6) is 0.0409. The molecule has 122 valence electrons. The van der Waals surface area contributed by atoms with Crippen molar-refractivity contribution in [3.05, 3.63) is 35.4 Å². The molecule has 0 spiro atoms. The first-order chi connectivity index (χ1) is 10.7. The lowest BCUT2D eigenvalue weighted by Gasteiger charge is -2.21. The summed E-state index contributed by atoms with van der Waals surface area (Å²) in [6, 6.07) is 8.34. The van der Waals surface area contributed by atoms with E-state index in [1.165, 1.54) is 18.4 Å². The Bertz CT molecular complexity index is 446. The van der Waals surface area contributed by atoms with Crippen molar-refractivity contribution < 1.29 is 4.79 Å². The monoisotopic (exact) mass is 303 g/mol. The Labute approximate surface area is 134 Å². The van der Waals surface area contributed by atoms with E-state index in [9.17, 15) is 4.79 Å². The molecule has 0 aliphatic carbocycles. The zero-order valence-electron chi connectivity index (χ0n) is 13.9. The number of amides is 1. The maximum absolute atomic E-state index is 12.2. The van der Waals surface area contributed by atoms with Gasteiger partial charge in [0.05, 0.1) is 0 Å². The van der Waals surface area contributed by atoms with Crippen molar-refractivity contribution in [1.82, 2.24) is 15.5 Å². The van der Waals surface area contributed by atoms with Crippen molar-refractivity contribution in [2.24, 2.45) is 0 Å². The maximum Gasteiger partial charge on any atom is 0.251 e. The Kier molecular flexibility index (Phi) is 6.87. The van der Waals surface area contributed by atoms with Crippen molar-refractivity contribution in [2.45, 2.75) is 45.7 Å². The largest absolute Gasteiger partial charge is 0.348 e. The van der Waals surface area contributed by atoms with E-state index in [0.717, 1.165) is 44.7 Å². The first kappa shape index (κ1) is 17.0. The molecule has 0 aromatic heterocycles. The molecule has 4 heteroatoms. The Morgan fingerprint density at radius 3 is 2.45 bits per heavy atom. The molecule has 1 saturated heterocycles. The second kappa shape index (κ2) is 8.91. The molecule has 1 atom stereocenters. The molecule has 1 aromatic rings. The van der Waals surface area contributed by atoms with Crippen LogP contribution in [-0.2, 0) is 6.54 Å². The number of hydrogen-bond acceptors (Lipinski definition) is 3. The maximum atomic E-state index is 12.2. The summed E-state index contributed by atoms with van der Waals surface area (Å²) >= 11 is 0. The highest BCUT2D eigenvalue weighted by atomic mass is 16.1. The summed E-state index contributed by atoms with van der Waals surface area (Å²) < 4.78 is 0. The van der Waals surface area contributed by atoms with Gasteiger partial charge in [0.2, 0.25) is 0 Å². The highest BCUT2D eigenvalue weighted by Crippen LogP contribution is 2.09. The van der Waals surface area contributed by atoms with Crippen LogP contribution in [0.15, 0.2) is 24.3 Å². The Hall–Kier alpha value is -1.39. The minimum atomic E-state index is 0.0409. The second-order valence-electron chi connectivity index (χ2n) is 6.14. The smallest absolute Gasteiger partial charge is 0.251 e. The third kappa shape index (κ3) is 5.11. The van der Waals surface area contributed by atoms with Crippen molar-refractivity contribution >= 4 is 5.91 Å². The molecule has 1 heterocycles. The summed E-state index contributed by atoms with van der Waals surface area (Å²) in [6.45, 7) is 9.54. The van der Waals surface area contributed by atoms with Crippen LogP contribution in [0.5, 0.6) is 0 Å². The number of carbonyl (C=O) groups excluding carboxylic acids is 1. The Morgan fingerprint density at radius 1 is 1.23 bits per heavy atom. The minimum Gasteiger partial charge on any atom is -0.348 e. The molecule has 0 saturated carbocycles. The third-order valence-corrected chi connectivity index (χ3v) is 4.10. The zero-order chi connectivity index (χ0) is 15.8. The lowest BCUT2D eigenvalue weighted by Crippen LogP contribution is -2.36. The molecular formula is C18H29N3O. The standard InChI is InChI=1S/C18H29N3O/c1-3-11-21(12-4-2)14-15-5-7-16(8-6-15)18(22)20-17-9-10-19-13-17/h5-8,17,19H,3-4,9-14H2,1-2H3,(H,20,22)/t17-/m0/s1. The zero-order valence-corrected chi connectivity index (χ0v) is 13.9. The van der Waals surface area contributed by atoms with E-state index in [2.05, 4.69) is 41.5 Å². The molecule has 1 aliphatic rings. The normalized spacial score (nSPS) is 17.9. The third-order valence-electron chi connectivity index (χ3n) is 4.10. The lowest BCUT2D eigenvalue weighted by molar-refractivity contribution is 0.0940. The van der Waals surface area contributed by atoms with Crippen LogP contribution in [0.1, 0.15) is 49.0 Å². The van der Waals surface area contributed by atoms with Gasteiger partial charge in [-0.2, -0.15) is 0 Å². The molecule has 2 rings (SSSR count). The summed E-state index contributed by atoms with van der Waals surface area (Å²) in [6.07, 6.45) is 3.37. The highest BCUT2D eigenvalue weighted by Gasteiger charge is 2.17. The van der Waals surface area contributed by atoms with Crippen LogP contribution in [0.4, 0.5) is 0 Å². The predicted octanol–water partition coefficient (Wildman–Crippen LogP) is 2.40. The number of hydrogen-bond donors (Lipinski definition) is 2. The number of nitrogens with one attached hydrogen (secondary N) is 2. The first-order valence-electron chi connectivity index (χ1n) is 8.55. The van der Waals surface area contributed by atoms with E-state index in [0.29, 0.717) is 0 Å². The van der Waals surface area contributed by atoms with Crippen molar-refractivity contribution in [2.75, 3.05) is 26.2 Å². The summed E-state index contributed by atoms with van der Waals surface area (Å²) in [7, 11) is 0. The first-order valence-corrected chi connectivity index (χ1v) is 8.55. The molecule has 2 N–H and O–H groups in total. The van der Waals surface area contributed by atoms with Gasteiger partial charge in [-0.3, -0.25) is 9.69 Å². The Morgan fingerprint density at radius 2 is 1.91 bits per heavy atom.